The topological polar surface area (TPSA) is 35.3 Å². The molecule has 4 heteroatoms. The van der Waals surface area contributed by atoms with Gasteiger partial charge in [-0.25, -0.2) is 0 Å². The van der Waals surface area contributed by atoms with Crippen molar-refractivity contribution in [3.63, 3.8) is 0 Å². The molecule has 0 N–H and O–H groups in total. The van der Waals surface area contributed by atoms with Crippen LogP contribution in [0.15, 0.2) is 22.7 Å². The molecule has 0 bridgehead atoms. The summed E-state index contributed by atoms with van der Waals surface area (Å²) < 4.78 is 10.8. The molecular weight excluding hydrogens is 258 g/mol. The predicted octanol–water partition coefficient (Wildman–Crippen LogP) is 3.98. The summed E-state index contributed by atoms with van der Waals surface area (Å²) in [5.41, 5.74) is 5.05. The van der Waals surface area contributed by atoms with E-state index in [1.54, 1.807) is 0 Å². The fourth-order valence-corrected chi connectivity index (χ4v) is 2.48. The van der Waals surface area contributed by atoms with Crippen molar-refractivity contribution in [2.24, 2.45) is 0 Å². The number of benzene rings is 1. The van der Waals surface area contributed by atoms with Gasteiger partial charge in [-0.1, -0.05) is 11.2 Å². The molecule has 1 aromatic heterocycles. The average Bonchev–Trinajstić information content (AvgIpc) is 2.76. The van der Waals surface area contributed by atoms with Crippen LogP contribution in [0.5, 0.6) is 0 Å². The number of hydrogen-bond donors (Lipinski definition) is 0. The largest absolute Gasteiger partial charge is 0.483 e. The number of aromatic nitrogens is 1. The molecule has 2 aromatic rings. The Kier molecular flexibility index (Phi) is 4.00. The lowest BCUT2D eigenvalue weighted by Crippen LogP contribution is -2.06. The second-order valence-electron chi connectivity index (χ2n) is 4.48. The number of aryl methyl sites for hydroxylation is 2. The van der Waals surface area contributed by atoms with Crippen molar-refractivity contribution in [1.29, 1.82) is 0 Å². The van der Waals surface area contributed by atoms with Gasteiger partial charge < -0.3 is 9.26 Å². The summed E-state index contributed by atoms with van der Waals surface area (Å²) in [6.45, 7) is 8.49. The van der Waals surface area contributed by atoms with Gasteiger partial charge in [0.25, 0.3) is 0 Å². The number of hydrogen-bond acceptors (Lipinski definition) is 4. The van der Waals surface area contributed by atoms with Gasteiger partial charge >= 0.3 is 0 Å². The Labute approximate surface area is 118 Å². The molecule has 19 heavy (non-hydrogen) atoms. The fourth-order valence-electron chi connectivity index (χ4n) is 2.14. The molecule has 0 spiro atoms. The third kappa shape index (κ3) is 2.68. The first-order chi connectivity index (χ1) is 9.04. The van der Waals surface area contributed by atoms with Crippen molar-refractivity contribution < 1.29 is 9.26 Å². The quantitative estimate of drug-likeness (QED) is 0.794. The highest BCUT2D eigenvalue weighted by Gasteiger charge is 2.16. The highest BCUT2D eigenvalue weighted by atomic mass is 32.1. The number of thiocarbonyl (C=S) groups is 1. The molecule has 0 saturated carbocycles. The van der Waals surface area contributed by atoms with E-state index in [1.807, 2.05) is 45.9 Å². The van der Waals surface area contributed by atoms with Crippen LogP contribution in [0.4, 0.5) is 0 Å². The standard InChI is InChI=1S/C15H17NO2S/c1-5-17-15(19)12-7-6-9(2)14(11(12)4)13-8-10(3)16-18-13/h6-8H,5H2,1-4H3. The molecule has 1 heterocycles. The Bertz CT molecular complexity index is 617. The van der Waals surface area contributed by atoms with Gasteiger partial charge in [0.15, 0.2) is 10.8 Å². The first-order valence-electron chi connectivity index (χ1n) is 6.25. The highest BCUT2D eigenvalue weighted by Crippen LogP contribution is 2.30. The second kappa shape index (κ2) is 5.53. The minimum absolute atomic E-state index is 0.525. The summed E-state index contributed by atoms with van der Waals surface area (Å²) in [5, 5.41) is 4.47. The Morgan fingerprint density at radius 3 is 2.63 bits per heavy atom. The lowest BCUT2D eigenvalue weighted by molar-refractivity contribution is 0.337. The van der Waals surface area contributed by atoms with Gasteiger partial charge in [-0.3, -0.25) is 0 Å². The van der Waals surface area contributed by atoms with E-state index in [-0.39, 0.29) is 0 Å². The molecule has 0 atom stereocenters. The van der Waals surface area contributed by atoms with E-state index < -0.39 is 0 Å². The Balaban J connectivity index is 2.55. The minimum atomic E-state index is 0.525. The normalized spacial score (nSPS) is 10.5. The Morgan fingerprint density at radius 1 is 1.32 bits per heavy atom. The molecule has 0 fully saturated rings. The maximum absolute atomic E-state index is 5.43. The number of ether oxygens (including phenoxy) is 1. The van der Waals surface area contributed by atoms with E-state index in [0.29, 0.717) is 11.7 Å². The van der Waals surface area contributed by atoms with Gasteiger partial charge in [-0.15, -0.1) is 0 Å². The van der Waals surface area contributed by atoms with Gasteiger partial charge in [-0.2, -0.15) is 0 Å². The van der Waals surface area contributed by atoms with Gasteiger partial charge in [0.1, 0.15) is 0 Å². The van der Waals surface area contributed by atoms with Crippen LogP contribution < -0.4 is 0 Å². The molecule has 0 aliphatic heterocycles. The molecule has 0 unspecified atom stereocenters. The summed E-state index contributed by atoms with van der Waals surface area (Å²) in [7, 11) is 0. The fraction of sp³-hybridized carbons (Fsp3) is 0.333. The van der Waals surface area contributed by atoms with Gasteiger partial charge in [0.05, 0.1) is 12.3 Å². The third-order valence-electron chi connectivity index (χ3n) is 3.04. The van der Waals surface area contributed by atoms with E-state index in [1.165, 1.54) is 0 Å². The highest BCUT2D eigenvalue weighted by molar-refractivity contribution is 7.80. The van der Waals surface area contributed by atoms with Crippen molar-refractivity contribution in [1.82, 2.24) is 5.16 Å². The maximum Gasteiger partial charge on any atom is 0.191 e. The zero-order valence-electron chi connectivity index (χ0n) is 11.6. The first kappa shape index (κ1) is 13.7. The summed E-state index contributed by atoms with van der Waals surface area (Å²) >= 11 is 5.30. The van der Waals surface area contributed by atoms with E-state index in [0.717, 1.165) is 33.7 Å². The van der Waals surface area contributed by atoms with Crippen molar-refractivity contribution in [2.75, 3.05) is 6.61 Å². The Hall–Kier alpha value is -1.68. The second-order valence-corrected chi connectivity index (χ2v) is 4.85. The lowest BCUT2D eigenvalue weighted by Gasteiger charge is -2.13. The summed E-state index contributed by atoms with van der Waals surface area (Å²) in [6, 6.07) is 5.96. The van der Waals surface area contributed by atoms with Gasteiger partial charge in [0.2, 0.25) is 0 Å². The minimum Gasteiger partial charge on any atom is -0.483 e. The van der Waals surface area contributed by atoms with Crippen LogP contribution in [0.3, 0.4) is 0 Å². The van der Waals surface area contributed by atoms with E-state index in [4.69, 9.17) is 21.5 Å². The Morgan fingerprint density at radius 2 is 2.05 bits per heavy atom. The van der Waals surface area contributed by atoms with Crippen LogP contribution in [-0.4, -0.2) is 16.8 Å². The van der Waals surface area contributed by atoms with Crippen molar-refractivity contribution in [2.45, 2.75) is 27.7 Å². The molecule has 3 nitrogen and oxygen atoms in total. The van der Waals surface area contributed by atoms with Crippen molar-refractivity contribution in [3.05, 3.63) is 40.6 Å². The van der Waals surface area contributed by atoms with Crippen LogP contribution in [-0.2, 0) is 4.74 Å². The zero-order valence-corrected chi connectivity index (χ0v) is 12.4. The monoisotopic (exact) mass is 275 g/mol. The SMILES string of the molecule is CCOC(=S)c1ccc(C)c(-c2cc(C)no2)c1C. The van der Waals surface area contributed by atoms with E-state index >= 15 is 0 Å². The molecule has 100 valence electrons. The molecular formula is C15H17NO2S. The lowest BCUT2D eigenvalue weighted by atomic mass is 9.96. The summed E-state index contributed by atoms with van der Waals surface area (Å²) in [4.78, 5) is 0. The van der Waals surface area contributed by atoms with Crippen LogP contribution in [0.1, 0.15) is 29.3 Å². The van der Waals surface area contributed by atoms with Crippen LogP contribution in [0.25, 0.3) is 11.3 Å². The molecule has 0 aliphatic carbocycles. The van der Waals surface area contributed by atoms with Crippen LogP contribution >= 0.6 is 12.2 Å². The molecule has 0 aliphatic rings. The number of nitrogens with zero attached hydrogens (tertiary/aromatic N) is 1. The van der Waals surface area contributed by atoms with Crippen LogP contribution in [0.2, 0.25) is 0 Å². The van der Waals surface area contributed by atoms with Crippen molar-refractivity contribution in [3.8, 4) is 11.3 Å². The van der Waals surface area contributed by atoms with Crippen molar-refractivity contribution >= 4 is 17.3 Å². The zero-order chi connectivity index (χ0) is 14.0. The molecule has 0 saturated heterocycles. The molecule has 0 amide bonds. The molecule has 0 radical (unpaired) electrons. The summed E-state index contributed by atoms with van der Waals surface area (Å²) in [6.07, 6.45) is 0. The van der Waals surface area contributed by atoms with E-state index in [9.17, 15) is 0 Å². The third-order valence-corrected chi connectivity index (χ3v) is 3.38. The average molecular weight is 275 g/mol. The van der Waals surface area contributed by atoms with Crippen LogP contribution in [0, 0.1) is 20.8 Å². The molecule has 1 aromatic carbocycles. The number of rotatable bonds is 3. The smallest absolute Gasteiger partial charge is 0.191 e. The molecule has 2 rings (SSSR count). The van der Waals surface area contributed by atoms with E-state index in [2.05, 4.69) is 5.16 Å². The van der Waals surface area contributed by atoms with Gasteiger partial charge in [0, 0.05) is 17.2 Å². The summed E-state index contributed by atoms with van der Waals surface area (Å²) in [5.74, 6) is 0.772. The van der Waals surface area contributed by atoms with Gasteiger partial charge in [-0.05, 0) is 57.1 Å². The first-order valence-corrected chi connectivity index (χ1v) is 6.66. The predicted molar refractivity (Wildman–Crippen MR) is 79.5 cm³/mol. The maximum atomic E-state index is 5.43.